The molecule has 0 radical (unpaired) electrons. The Morgan fingerprint density at radius 3 is 2.65 bits per heavy atom. The lowest BCUT2D eigenvalue weighted by atomic mass is 10.1. The average Bonchev–Trinajstić information content (AvgIpc) is 3.42. The molecule has 1 aromatic carbocycles. The molecule has 3 N–H and O–H groups in total. The molecule has 0 spiro atoms. The van der Waals surface area contributed by atoms with E-state index < -0.39 is 0 Å². The molecule has 146 valence electrons. The van der Waals surface area contributed by atoms with Crippen LogP contribution in [0.3, 0.4) is 0 Å². The van der Waals surface area contributed by atoms with Crippen molar-refractivity contribution < 1.29 is 9.53 Å². The molecule has 1 aromatic rings. The van der Waals surface area contributed by atoms with Gasteiger partial charge in [0.2, 0.25) is 5.91 Å². The van der Waals surface area contributed by atoms with Crippen LogP contribution in [0.5, 0.6) is 5.75 Å². The summed E-state index contributed by atoms with van der Waals surface area (Å²) in [5.41, 5.74) is 1.06. The highest BCUT2D eigenvalue weighted by Gasteiger charge is 2.22. The van der Waals surface area contributed by atoms with Crippen molar-refractivity contribution in [3.8, 4) is 5.75 Å². The predicted molar refractivity (Wildman–Crippen MR) is 117 cm³/mol. The van der Waals surface area contributed by atoms with Crippen LogP contribution in [0.4, 0.5) is 0 Å². The van der Waals surface area contributed by atoms with E-state index in [0.717, 1.165) is 43.0 Å². The van der Waals surface area contributed by atoms with Crippen molar-refractivity contribution in [3.05, 3.63) is 28.8 Å². The van der Waals surface area contributed by atoms with Crippen molar-refractivity contribution in [3.63, 3.8) is 0 Å². The minimum Gasteiger partial charge on any atom is -0.497 e. The number of nitrogens with one attached hydrogen (secondary N) is 3. The summed E-state index contributed by atoms with van der Waals surface area (Å²) < 4.78 is 5.15. The number of ether oxygens (including phenoxy) is 1. The first-order valence-corrected chi connectivity index (χ1v) is 9.06. The zero-order valence-corrected chi connectivity index (χ0v) is 18.4. The number of nitrogens with zero attached hydrogens (tertiary/aromatic N) is 1. The first kappa shape index (κ1) is 22.8. The zero-order valence-electron chi connectivity index (χ0n) is 15.3. The maximum absolute atomic E-state index is 11.6. The van der Waals surface area contributed by atoms with Crippen LogP contribution in [0.2, 0.25) is 5.02 Å². The van der Waals surface area contributed by atoms with Gasteiger partial charge >= 0.3 is 0 Å². The van der Waals surface area contributed by atoms with Crippen LogP contribution in [0, 0.1) is 0 Å². The largest absolute Gasteiger partial charge is 0.497 e. The maximum Gasteiger partial charge on any atom is 0.220 e. The number of methoxy groups -OCH3 is 1. The van der Waals surface area contributed by atoms with Gasteiger partial charge in [0.15, 0.2) is 5.96 Å². The molecule has 1 saturated carbocycles. The fraction of sp³-hybridized carbons (Fsp3) is 0.556. The molecule has 6 nitrogen and oxygen atoms in total. The number of amides is 1. The van der Waals surface area contributed by atoms with Gasteiger partial charge in [-0.05, 0) is 43.4 Å². The number of hydrogen-bond donors (Lipinski definition) is 3. The summed E-state index contributed by atoms with van der Waals surface area (Å²) >= 11 is 6.24. The van der Waals surface area contributed by atoms with Crippen LogP contribution in [0.1, 0.15) is 31.2 Å². The van der Waals surface area contributed by atoms with E-state index in [4.69, 9.17) is 16.3 Å². The number of guanidine groups is 1. The SMILES string of the molecule is CN=C(NCCCC(=O)NC1CC1)NCCc1ccc(OC)cc1Cl.I. The van der Waals surface area contributed by atoms with E-state index in [1.54, 1.807) is 14.2 Å². The second kappa shape index (κ2) is 12.2. The summed E-state index contributed by atoms with van der Waals surface area (Å²) in [7, 11) is 3.35. The molecule has 1 aliphatic rings. The van der Waals surface area contributed by atoms with Crippen molar-refractivity contribution in [1.82, 2.24) is 16.0 Å². The quantitative estimate of drug-likeness (QED) is 0.214. The van der Waals surface area contributed by atoms with E-state index in [1.165, 1.54) is 0 Å². The van der Waals surface area contributed by atoms with Crippen LogP contribution in [0.25, 0.3) is 0 Å². The van der Waals surface area contributed by atoms with Gasteiger partial charge in [-0.2, -0.15) is 0 Å². The molecular formula is C18H28ClIN4O2. The summed E-state index contributed by atoms with van der Waals surface area (Å²) in [6.45, 7) is 1.43. The lowest BCUT2D eigenvalue weighted by molar-refractivity contribution is -0.121. The molecule has 2 rings (SSSR count). The summed E-state index contributed by atoms with van der Waals surface area (Å²) in [5, 5.41) is 10.2. The number of rotatable bonds is 9. The molecule has 0 atom stereocenters. The number of aliphatic imine (C=N–C) groups is 1. The van der Waals surface area contributed by atoms with Gasteiger partial charge in [-0.1, -0.05) is 17.7 Å². The van der Waals surface area contributed by atoms with Gasteiger partial charge in [-0.15, -0.1) is 24.0 Å². The predicted octanol–water partition coefficient (Wildman–Crippen LogP) is 2.73. The second-order valence-electron chi connectivity index (χ2n) is 6.08. The number of halogens is 2. The Bertz CT molecular complexity index is 609. The molecule has 0 saturated heterocycles. The standard InChI is InChI=1S/C18H27ClN4O2.HI/c1-20-18(21-10-3-4-17(24)23-14-6-7-14)22-11-9-13-5-8-15(25-2)12-16(13)19;/h5,8,12,14H,3-4,6-7,9-11H2,1-2H3,(H,23,24)(H2,20,21,22);1H. The van der Waals surface area contributed by atoms with E-state index in [-0.39, 0.29) is 29.9 Å². The Hall–Kier alpha value is -1.22. The summed E-state index contributed by atoms with van der Waals surface area (Å²) in [6, 6.07) is 6.12. The van der Waals surface area contributed by atoms with Crippen molar-refractivity contribution >= 4 is 47.4 Å². The van der Waals surface area contributed by atoms with E-state index in [1.807, 2.05) is 18.2 Å². The molecule has 1 amide bonds. The third-order valence-corrected chi connectivity index (χ3v) is 4.34. The van der Waals surface area contributed by atoms with Crippen molar-refractivity contribution in [2.75, 3.05) is 27.2 Å². The Morgan fingerprint density at radius 1 is 1.31 bits per heavy atom. The van der Waals surface area contributed by atoms with Crippen LogP contribution < -0.4 is 20.7 Å². The highest BCUT2D eigenvalue weighted by Crippen LogP contribution is 2.22. The van der Waals surface area contributed by atoms with Crippen LogP contribution in [-0.4, -0.2) is 45.2 Å². The van der Waals surface area contributed by atoms with Crippen LogP contribution >= 0.6 is 35.6 Å². The number of carbonyl (C=O) groups is 1. The molecule has 0 unspecified atom stereocenters. The topological polar surface area (TPSA) is 74.8 Å². The Labute approximate surface area is 177 Å². The van der Waals surface area contributed by atoms with Crippen molar-refractivity contribution in [2.45, 2.75) is 38.1 Å². The summed E-state index contributed by atoms with van der Waals surface area (Å²) in [4.78, 5) is 15.8. The normalized spacial score (nSPS) is 13.6. The first-order chi connectivity index (χ1) is 12.1. The second-order valence-corrected chi connectivity index (χ2v) is 6.49. The molecule has 1 fully saturated rings. The minimum absolute atomic E-state index is 0. The molecule has 0 bridgehead atoms. The third kappa shape index (κ3) is 8.44. The van der Waals surface area contributed by atoms with Gasteiger partial charge in [0, 0.05) is 37.6 Å². The van der Waals surface area contributed by atoms with E-state index in [9.17, 15) is 4.79 Å². The first-order valence-electron chi connectivity index (χ1n) is 8.68. The molecule has 8 heteroatoms. The highest BCUT2D eigenvalue weighted by molar-refractivity contribution is 14.0. The molecule has 0 aliphatic heterocycles. The van der Waals surface area contributed by atoms with Gasteiger partial charge in [-0.25, -0.2) is 0 Å². The monoisotopic (exact) mass is 494 g/mol. The summed E-state index contributed by atoms with van der Waals surface area (Å²) in [5.74, 6) is 1.62. The average molecular weight is 495 g/mol. The lowest BCUT2D eigenvalue weighted by Gasteiger charge is -2.12. The van der Waals surface area contributed by atoms with Gasteiger partial charge in [0.1, 0.15) is 5.75 Å². The van der Waals surface area contributed by atoms with E-state index in [2.05, 4.69) is 20.9 Å². The lowest BCUT2D eigenvalue weighted by Crippen LogP contribution is -2.39. The summed E-state index contributed by atoms with van der Waals surface area (Å²) in [6.07, 6.45) is 4.36. The van der Waals surface area contributed by atoms with E-state index in [0.29, 0.717) is 30.6 Å². The Kier molecular flexibility index (Phi) is 10.7. The number of benzene rings is 1. The Morgan fingerprint density at radius 2 is 2.04 bits per heavy atom. The molecule has 26 heavy (non-hydrogen) atoms. The van der Waals surface area contributed by atoms with Crippen LogP contribution in [-0.2, 0) is 11.2 Å². The Balaban J connectivity index is 0.00000338. The maximum atomic E-state index is 11.6. The molecule has 1 aliphatic carbocycles. The zero-order chi connectivity index (χ0) is 18.1. The smallest absolute Gasteiger partial charge is 0.220 e. The fourth-order valence-corrected chi connectivity index (χ4v) is 2.64. The van der Waals surface area contributed by atoms with E-state index >= 15 is 0 Å². The van der Waals surface area contributed by atoms with Gasteiger partial charge in [0.05, 0.1) is 7.11 Å². The van der Waals surface area contributed by atoms with Crippen LogP contribution in [0.15, 0.2) is 23.2 Å². The highest BCUT2D eigenvalue weighted by atomic mass is 127. The van der Waals surface area contributed by atoms with Gasteiger partial charge < -0.3 is 20.7 Å². The minimum atomic E-state index is 0. The number of hydrogen-bond acceptors (Lipinski definition) is 3. The molecule has 0 aromatic heterocycles. The molecular weight excluding hydrogens is 467 g/mol. The fourth-order valence-electron chi connectivity index (χ4n) is 2.38. The molecule has 0 heterocycles. The number of carbonyl (C=O) groups excluding carboxylic acids is 1. The van der Waals surface area contributed by atoms with Crippen molar-refractivity contribution in [2.24, 2.45) is 4.99 Å². The van der Waals surface area contributed by atoms with Crippen molar-refractivity contribution in [1.29, 1.82) is 0 Å². The van der Waals surface area contributed by atoms with Gasteiger partial charge in [-0.3, -0.25) is 9.79 Å². The third-order valence-electron chi connectivity index (χ3n) is 3.99. The van der Waals surface area contributed by atoms with Gasteiger partial charge in [0.25, 0.3) is 0 Å².